The van der Waals surface area contributed by atoms with Crippen LogP contribution in [0.15, 0.2) is 18.2 Å². The van der Waals surface area contributed by atoms with Gasteiger partial charge in [0.2, 0.25) is 5.91 Å². The highest BCUT2D eigenvalue weighted by Gasteiger charge is 2.28. The normalized spacial score (nSPS) is 16.6. The standard InChI is InChI=1S/C13H12ClN3O6/c14-8-5-7(17(21)22)1-2-9(8)15-12(19)6-23-13(20)10-3-4-11(18)16-10/h1-2,5,10H,3-4,6H2,(H,15,19)(H,16,18)/t10-/m1/s1. The van der Waals surface area contributed by atoms with Gasteiger partial charge < -0.3 is 15.4 Å². The number of rotatable bonds is 5. The quantitative estimate of drug-likeness (QED) is 0.467. The number of amides is 2. The molecule has 1 aliphatic heterocycles. The van der Waals surface area contributed by atoms with E-state index in [4.69, 9.17) is 16.3 Å². The van der Waals surface area contributed by atoms with E-state index in [1.807, 2.05) is 0 Å². The smallest absolute Gasteiger partial charge is 0.329 e. The second-order valence-electron chi connectivity index (χ2n) is 4.74. The van der Waals surface area contributed by atoms with Crippen molar-refractivity contribution in [3.05, 3.63) is 33.3 Å². The fourth-order valence-corrected chi connectivity index (χ4v) is 2.16. The number of nitro benzene ring substituents is 1. The van der Waals surface area contributed by atoms with Gasteiger partial charge in [0, 0.05) is 18.6 Å². The van der Waals surface area contributed by atoms with Gasteiger partial charge in [-0.3, -0.25) is 19.7 Å². The molecule has 1 atom stereocenters. The molecule has 1 heterocycles. The molecule has 2 N–H and O–H groups in total. The van der Waals surface area contributed by atoms with Crippen molar-refractivity contribution in [1.29, 1.82) is 0 Å². The van der Waals surface area contributed by atoms with Crippen LogP contribution in [-0.4, -0.2) is 35.4 Å². The molecule has 0 unspecified atom stereocenters. The van der Waals surface area contributed by atoms with Crippen molar-refractivity contribution < 1.29 is 24.0 Å². The summed E-state index contributed by atoms with van der Waals surface area (Å²) in [4.78, 5) is 44.3. The van der Waals surface area contributed by atoms with Crippen LogP contribution in [0.2, 0.25) is 5.02 Å². The van der Waals surface area contributed by atoms with Gasteiger partial charge in [-0.25, -0.2) is 4.79 Å². The fraction of sp³-hybridized carbons (Fsp3) is 0.308. The summed E-state index contributed by atoms with van der Waals surface area (Å²) in [5.41, 5.74) is -0.0520. The predicted molar refractivity (Wildman–Crippen MR) is 78.9 cm³/mol. The van der Waals surface area contributed by atoms with E-state index in [0.29, 0.717) is 6.42 Å². The van der Waals surface area contributed by atoms with Crippen LogP contribution in [0.5, 0.6) is 0 Å². The van der Waals surface area contributed by atoms with Gasteiger partial charge in [-0.05, 0) is 12.5 Å². The fourth-order valence-electron chi connectivity index (χ4n) is 1.93. The van der Waals surface area contributed by atoms with Crippen LogP contribution in [0.25, 0.3) is 0 Å². The molecule has 0 bridgehead atoms. The monoisotopic (exact) mass is 341 g/mol. The number of ether oxygens (including phenoxy) is 1. The highest BCUT2D eigenvalue weighted by Crippen LogP contribution is 2.26. The van der Waals surface area contributed by atoms with E-state index in [2.05, 4.69) is 10.6 Å². The van der Waals surface area contributed by atoms with Gasteiger partial charge in [-0.1, -0.05) is 11.6 Å². The zero-order chi connectivity index (χ0) is 17.0. The number of anilines is 1. The molecule has 0 aliphatic carbocycles. The molecule has 0 spiro atoms. The first-order valence-electron chi connectivity index (χ1n) is 6.56. The Kier molecular flexibility index (Phi) is 5.12. The lowest BCUT2D eigenvalue weighted by Gasteiger charge is -2.11. The third-order valence-electron chi connectivity index (χ3n) is 3.06. The lowest BCUT2D eigenvalue weighted by molar-refractivity contribution is -0.384. The molecule has 10 heteroatoms. The molecule has 1 fully saturated rings. The van der Waals surface area contributed by atoms with Crippen molar-refractivity contribution in [2.75, 3.05) is 11.9 Å². The summed E-state index contributed by atoms with van der Waals surface area (Å²) < 4.78 is 4.79. The Balaban J connectivity index is 1.86. The van der Waals surface area contributed by atoms with Crippen molar-refractivity contribution in [1.82, 2.24) is 5.32 Å². The summed E-state index contributed by atoms with van der Waals surface area (Å²) in [5, 5.41) is 15.4. The minimum atomic E-state index is -0.738. The maximum absolute atomic E-state index is 11.7. The van der Waals surface area contributed by atoms with Crippen molar-refractivity contribution >= 4 is 40.8 Å². The SMILES string of the molecule is O=C(COC(=O)[C@H]1CCC(=O)N1)Nc1ccc([N+](=O)[O-])cc1Cl. The summed E-state index contributed by atoms with van der Waals surface area (Å²) in [6.45, 7) is -0.557. The molecule has 122 valence electrons. The van der Waals surface area contributed by atoms with Crippen molar-refractivity contribution in [3.63, 3.8) is 0 Å². The van der Waals surface area contributed by atoms with Crippen molar-refractivity contribution in [2.45, 2.75) is 18.9 Å². The van der Waals surface area contributed by atoms with Crippen molar-refractivity contribution in [3.8, 4) is 0 Å². The maximum atomic E-state index is 11.7. The largest absolute Gasteiger partial charge is 0.454 e. The molecule has 1 aromatic carbocycles. The Morgan fingerprint density at radius 3 is 2.78 bits per heavy atom. The topological polar surface area (TPSA) is 128 Å². The molecule has 1 aromatic rings. The van der Waals surface area contributed by atoms with Crippen LogP contribution >= 0.6 is 11.6 Å². The van der Waals surface area contributed by atoms with Crippen LogP contribution in [0, 0.1) is 10.1 Å². The molecule has 0 radical (unpaired) electrons. The van der Waals surface area contributed by atoms with E-state index in [0.717, 1.165) is 6.07 Å². The number of carbonyl (C=O) groups is 3. The number of nitro groups is 1. The number of carbonyl (C=O) groups excluding carboxylic acids is 3. The molecule has 9 nitrogen and oxygen atoms in total. The first kappa shape index (κ1) is 16.7. The van der Waals surface area contributed by atoms with E-state index < -0.39 is 29.4 Å². The second kappa shape index (κ2) is 7.05. The summed E-state index contributed by atoms with van der Waals surface area (Å²) in [6, 6.07) is 2.81. The Bertz CT molecular complexity index is 678. The molecule has 1 aliphatic rings. The van der Waals surface area contributed by atoms with Gasteiger partial charge in [-0.2, -0.15) is 0 Å². The molecule has 2 amide bonds. The molecule has 0 aromatic heterocycles. The number of non-ortho nitro benzene ring substituents is 1. The van der Waals surface area contributed by atoms with Gasteiger partial charge in [-0.15, -0.1) is 0 Å². The van der Waals surface area contributed by atoms with Crippen molar-refractivity contribution in [2.24, 2.45) is 0 Å². The lowest BCUT2D eigenvalue weighted by Crippen LogP contribution is -2.36. The third kappa shape index (κ3) is 4.39. The maximum Gasteiger partial charge on any atom is 0.329 e. The average Bonchev–Trinajstić information content (AvgIpc) is 2.93. The Morgan fingerprint density at radius 1 is 1.48 bits per heavy atom. The summed E-state index contributed by atoms with van der Waals surface area (Å²) in [6.07, 6.45) is 0.567. The van der Waals surface area contributed by atoms with E-state index in [9.17, 15) is 24.5 Å². The second-order valence-corrected chi connectivity index (χ2v) is 5.14. The van der Waals surface area contributed by atoms with E-state index in [1.165, 1.54) is 12.1 Å². The Labute approximate surface area is 135 Å². The van der Waals surface area contributed by atoms with Crippen LogP contribution < -0.4 is 10.6 Å². The van der Waals surface area contributed by atoms with Crippen LogP contribution in [0.4, 0.5) is 11.4 Å². The van der Waals surface area contributed by atoms with Crippen LogP contribution in [0.3, 0.4) is 0 Å². The lowest BCUT2D eigenvalue weighted by atomic mass is 10.2. The molecular weight excluding hydrogens is 330 g/mol. The van der Waals surface area contributed by atoms with Crippen LogP contribution in [0.1, 0.15) is 12.8 Å². The highest BCUT2D eigenvalue weighted by atomic mass is 35.5. The predicted octanol–water partition coefficient (Wildman–Crippen LogP) is 1.01. The molecule has 23 heavy (non-hydrogen) atoms. The number of nitrogens with zero attached hydrogens (tertiary/aromatic N) is 1. The first-order valence-corrected chi connectivity index (χ1v) is 6.94. The summed E-state index contributed by atoms with van der Waals surface area (Å²) >= 11 is 5.83. The Hall–Kier alpha value is -2.68. The number of nitrogens with one attached hydrogen (secondary N) is 2. The minimum Gasteiger partial charge on any atom is -0.454 e. The third-order valence-corrected chi connectivity index (χ3v) is 3.38. The molecule has 1 saturated heterocycles. The molecule has 0 saturated carbocycles. The van der Waals surface area contributed by atoms with Gasteiger partial charge in [0.25, 0.3) is 11.6 Å². The molecule has 2 rings (SSSR count). The number of esters is 1. The minimum absolute atomic E-state index is 0.0121. The first-order chi connectivity index (χ1) is 10.9. The summed E-state index contributed by atoms with van der Waals surface area (Å²) in [7, 11) is 0. The zero-order valence-corrected chi connectivity index (χ0v) is 12.5. The number of hydrogen-bond donors (Lipinski definition) is 2. The number of halogens is 1. The van der Waals surface area contributed by atoms with E-state index >= 15 is 0 Å². The average molecular weight is 342 g/mol. The zero-order valence-electron chi connectivity index (χ0n) is 11.7. The van der Waals surface area contributed by atoms with Gasteiger partial charge in [0.15, 0.2) is 6.61 Å². The van der Waals surface area contributed by atoms with Gasteiger partial charge in [0.1, 0.15) is 6.04 Å². The van der Waals surface area contributed by atoms with Crippen LogP contribution in [-0.2, 0) is 19.1 Å². The highest BCUT2D eigenvalue weighted by molar-refractivity contribution is 6.34. The Morgan fingerprint density at radius 2 is 2.22 bits per heavy atom. The van der Waals surface area contributed by atoms with E-state index in [-0.39, 0.29) is 28.7 Å². The molecular formula is C13H12ClN3O6. The number of hydrogen-bond acceptors (Lipinski definition) is 6. The van der Waals surface area contributed by atoms with Gasteiger partial charge in [0.05, 0.1) is 15.6 Å². The summed E-state index contributed by atoms with van der Waals surface area (Å²) in [5.74, 6) is -1.59. The number of benzene rings is 1. The van der Waals surface area contributed by atoms with E-state index in [1.54, 1.807) is 0 Å². The van der Waals surface area contributed by atoms with Gasteiger partial charge >= 0.3 is 5.97 Å².